The number of nitrogens with zero attached hydrogens (tertiary/aromatic N) is 5. The predicted molar refractivity (Wildman–Crippen MR) is 129 cm³/mol. The van der Waals surface area contributed by atoms with Gasteiger partial charge in [0, 0.05) is 35.8 Å². The molecule has 32 heavy (non-hydrogen) atoms. The highest BCUT2D eigenvalue weighted by atomic mass is 35.5. The van der Waals surface area contributed by atoms with Crippen LogP contribution in [-0.4, -0.2) is 47.1 Å². The summed E-state index contributed by atoms with van der Waals surface area (Å²) in [6.07, 6.45) is 1.79. The van der Waals surface area contributed by atoms with Gasteiger partial charge in [-0.1, -0.05) is 53.6 Å². The van der Waals surface area contributed by atoms with E-state index in [1.165, 1.54) is 5.56 Å². The van der Waals surface area contributed by atoms with Crippen molar-refractivity contribution in [3.63, 3.8) is 0 Å². The van der Waals surface area contributed by atoms with Crippen LogP contribution in [0.25, 0.3) is 16.9 Å². The molecule has 0 aliphatic carbocycles. The number of hydrogen-bond acceptors (Lipinski definition) is 6. The highest BCUT2D eigenvalue weighted by molar-refractivity contribution is 6.30. The Bertz CT molecular complexity index is 1260. The molecule has 1 aliphatic rings. The molecule has 0 atom stereocenters. The maximum atomic E-state index is 6.05. The molecule has 8 heteroatoms. The number of aryl methyl sites for hydroxylation is 1. The third-order valence-corrected chi connectivity index (χ3v) is 5.57. The molecular formula is C24H23ClN6O. The van der Waals surface area contributed by atoms with E-state index in [0.717, 1.165) is 41.4 Å². The lowest BCUT2D eigenvalue weighted by Crippen LogP contribution is -2.37. The van der Waals surface area contributed by atoms with Crippen molar-refractivity contribution < 1.29 is 4.74 Å². The summed E-state index contributed by atoms with van der Waals surface area (Å²) in [7, 11) is 0. The molecule has 1 saturated heterocycles. The summed E-state index contributed by atoms with van der Waals surface area (Å²) in [5.74, 6) is 1.61. The van der Waals surface area contributed by atoms with E-state index in [1.807, 2.05) is 53.0 Å². The van der Waals surface area contributed by atoms with Gasteiger partial charge in [0.25, 0.3) is 0 Å². The first-order valence-electron chi connectivity index (χ1n) is 10.5. The van der Waals surface area contributed by atoms with Gasteiger partial charge in [-0.15, -0.1) is 0 Å². The van der Waals surface area contributed by atoms with E-state index in [9.17, 15) is 0 Å². The van der Waals surface area contributed by atoms with E-state index in [2.05, 4.69) is 34.5 Å². The fourth-order valence-corrected chi connectivity index (χ4v) is 3.84. The lowest BCUT2D eigenvalue weighted by atomic mass is 10.2. The van der Waals surface area contributed by atoms with Gasteiger partial charge in [-0.05, 0) is 24.6 Å². The molecule has 3 heterocycles. The van der Waals surface area contributed by atoms with Crippen LogP contribution in [0.5, 0.6) is 0 Å². The molecule has 1 fully saturated rings. The molecule has 0 spiro atoms. The molecule has 5 rings (SSSR count). The smallest absolute Gasteiger partial charge is 0.160 e. The molecule has 2 aromatic heterocycles. The summed E-state index contributed by atoms with van der Waals surface area (Å²) in [6.45, 7) is 5.02. The molecule has 162 valence electrons. The van der Waals surface area contributed by atoms with Crippen LogP contribution in [0.15, 0.2) is 65.8 Å². The maximum Gasteiger partial charge on any atom is 0.160 e. The average molecular weight is 447 g/mol. The molecule has 0 radical (unpaired) electrons. The molecule has 0 amide bonds. The van der Waals surface area contributed by atoms with Crippen LogP contribution in [0.3, 0.4) is 0 Å². The summed E-state index contributed by atoms with van der Waals surface area (Å²) in [4.78, 5) is 6.99. The summed E-state index contributed by atoms with van der Waals surface area (Å²) >= 11 is 6.05. The van der Waals surface area contributed by atoms with E-state index in [1.54, 1.807) is 6.21 Å². The van der Waals surface area contributed by atoms with Crippen LogP contribution in [0.4, 0.5) is 11.6 Å². The Labute approximate surface area is 191 Å². The molecule has 0 unspecified atom stereocenters. The Kier molecular flexibility index (Phi) is 5.75. The molecule has 1 N–H and O–H groups in total. The normalized spacial score (nSPS) is 14.4. The number of benzene rings is 2. The van der Waals surface area contributed by atoms with Crippen molar-refractivity contribution in [3.8, 4) is 11.3 Å². The monoisotopic (exact) mass is 446 g/mol. The third kappa shape index (κ3) is 4.44. The number of aromatic nitrogens is 3. The van der Waals surface area contributed by atoms with Crippen LogP contribution in [0.1, 0.15) is 11.1 Å². The van der Waals surface area contributed by atoms with Gasteiger partial charge in [-0.3, -0.25) is 5.43 Å². The minimum Gasteiger partial charge on any atom is -0.378 e. The number of hydrazone groups is 1. The van der Waals surface area contributed by atoms with Crippen molar-refractivity contribution in [1.82, 2.24) is 14.6 Å². The Morgan fingerprint density at radius 3 is 2.66 bits per heavy atom. The molecule has 0 bridgehead atoms. The van der Waals surface area contributed by atoms with Gasteiger partial charge < -0.3 is 9.64 Å². The predicted octanol–water partition coefficient (Wildman–Crippen LogP) is 4.64. The van der Waals surface area contributed by atoms with Gasteiger partial charge in [-0.25, -0.2) is 4.98 Å². The van der Waals surface area contributed by atoms with Gasteiger partial charge in [0.2, 0.25) is 0 Å². The largest absolute Gasteiger partial charge is 0.378 e. The van der Waals surface area contributed by atoms with E-state index >= 15 is 0 Å². The second kappa shape index (κ2) is 8.98. The number of ether oxygens (including phenoxy) is 1. The van der Waals surface area contributed by atoms with Crippen LogP contribution in [-0.2, 0) is 4.74 Å². The van der Waals surface area contributed by atoms with Gasteiger partial charge in [0.15, 0.2) is 11.5 Å². The van der Waals surface area contributed by atoms with Gasteiger partial charge >= 0.3 is 0 Å². The molecule has 2 aromatic carbocycles. The minimum absolute atomic E-state index is 0.658. The quantitative estimate of drug-likeness (QED) is 0.357. The van der Waals surface area contributed by atoms with Crippen LogP contribution >= 0.6 is 11.6 Å². The topological polar surface area (TPSA) is 67.0 Å². The van der Waals surface area contributed by atoms with E-state index < -0.39 is 0 Å². The molecular weight excluding hydrogens is 424 g/mol. The lowest BCUT2D eigenvalue weighted by molar-refractivity contribution is 0.122. The van der Waals surface area contributed by atoms with Crippen LogP contribution in [0.2, 0.25) is 5.02 Å². The second-order valence-corrected chi connectivity index (χ2v) is 8.13. The third-order valence-electron chi connectivity index (χ3n) is 5.32. The summed E-state index contributed by atoms with van der Waals surface area (Å²) < 4.78 is 7.41. The standard InChI is InChI=1S/C24H23ClN6O/c1-17-3-2-4-18(13-17)16-26-28-22-15-24(30-9-11-32-12-10-30)31-23(27-22)14-21(29-31)19-5-7-20(25)8-6-19/h2-8,13-16H,9-12H2,1H3,(H,27,28). The second-order valence-electron chi connectivity index (χ2n) is 7.69. The number of fused-ring (bicyclic) bond motifs is 1. The highest BCUT2D eigenvalue weighted by Crippen LogP contribution is 2.26. The molecule has 1 aliphatic heterocycles. The van der Waals surface area contributed by atoms with Crippen molar-refractivity contribution in [2.45, 2.75) is 6.92 Å². The first-order valence-corrected chi connectivity index (χ1v) is 10.9. The molecule has 7 nitrogen and oxygen atoms in total. The highest BCUT2D eigenvalue weighted by Gasteiger charge is 2.18. The number of morpholine rings is 1. The zero-order valence-electron chi connectivity index (χ0n) is 17.7. The Balaban J connectivity index is 1.50. The number of anilines is 2. The number of rotatable bonds is 5. The fourth-order valence-electron chi connectivity index (χ4n) is 3.72. The van der Waals surface area contributed by atoms with Crippen molar-refractivity contribution in [2.24, 2.45) is 5.10 Å². The van der Waals surface area contributed by atoms with Crippen molar-refractivity contribution >= 4 is 35.1 Å². The fraction of sp³-hybridized carbons (Fsp3) is 0.208. The zero-order chi connectivity index (χ0) is 21.9. The Morgan fingerprint density at radius 1 is 1.06 bits per heavy atom. The maximum absolute atomic E-state index is 6.05. The Morgan fingerprint density at radius 2 is 1.88 bits per heavy atom. The lowest BCUT2D eigenvalue weighted by Gasteiger charge is -2.29. The van der Waals surface area contributed by atoms with Crippen molar-refractivity contribution in [1.29, 1.82) is 0 Å². The van der Waals surface area contributed by atoms with Gasteiger partial charge in [-0.2, -0.15) is 14.7 Å². The molecule has 4 aromatic rings. The summed E-state index contributed by atoms with van der Waals surface area (Å²) in [6, 6.07) is 19.8. The number of halogens is 1. The Hall–Kier alpha value is -3.42. The van der Waals surface area contributed by atoms with Crippen LogP contribution < -0.4 is 10.3 Å². The van der Waals surface area contributed by atoms with E-state index in [0.29, 0.717) is 24.1 Å². The minimum atomic E-state index is 0.658. The summed E-state index contributed by atoms with van der Waals surface area (Å²) in [5.41, 5.74) is 7.87. The number of hydrogen-bond donors (Lipinski definition) is 1. The van der Waals surface area contributed by atoms with E-state index in [4.69, 9.17) is 26.4 Å². The first kappa shape index (κ1) is 20.5. The zero-order valence-corrected chi connectivity index (χ0v) is 18.5. The van der Waals surface area contributed by atoms with Crippen molar-refractivity contribution in [3.05, 3.63) is 76.8 Å². The molecule has 0 saturated carbocycles. The van der Waals surface area contributed by atoms with E-state index in [-0.39, 0.29) is 0 Å². The SMILES string of the molecule is Cc1cccc(C=NNc2cc(N3CCOCC3)n3nc(-c4ccc(Cl)cc4)cc3n2)c1. The number of nitrogens with one attached hydrogen (secondary N) is 1. The first-order chi connectivity index (χ1) is 15.7. The summed E-state index contributed by atoms with van der Waals surface area (Å²) in [5, 5.41) is 9.92. The van der Waals surface area contributed by atoms with Gasteiger partial charge in [0.1, 0.15) is 5.82 Å². The van der Waals surface area contributed by atoms with Crippen molar-refractivity contribution in [2.75, 3.05) is 36.6 Å². The van der Waals surface area contributed by atoms with Crippen LogP contribution in [0, 0.1) is 6.92 Å². The average Bonchev–Trinajstić information content (AvgIpc) is 3.24. The van der Waals surface area contributed by atoms with Gasteiger partial charge in [0.05, 0.1) is 25.1 Å².